The van der Waals surface area contributed by atoms with Gasteiger partial charge in [-0.1, -0.05) is 5.16 Å². The van der Waals surface area contributed by atoms with Gasteiger partial charge in [0.2, 0.25) is 5.91 Å². The van der Waals surface area contributed by atoms with Gasteiger partial charge in [-0.2, -0.15) is 0 Å². The van der Waals surface area contributed by atoms with Gasteiger partial charge in [-0.3, -0.25) is 14.6 Å². The third kappa shape index (κ3) is 3.45. The Labute approximate surface area is 96.3 Å². The number of hydrogen-bond acceptors (Lipinski definition) is 5. The van der Waals surface area contributed by atoms with Crippen LogP contribution in [0.15, 0.2) is 23.5 Å². The Bertz CT molecular complexity index is 454. The predicted octanol–water partition coefficient (Wildman–Crippen LogP) is -1.61. The number of rotatable bonds is 4. The molecule has 0 radical (unpaired) electrons. The van der Waals surface area contributed by atoms with Gasteiger partial charge < -0.3 is 22.0 Å². The van der Waals surface area contributed by atoms with Crippen LogP contribution in [0.3, 0.4) is 0 Å². The summed E-state index contributed by atoms with van der Waals surface area (Å²) in [6.45, 7) is -0.261. The third-order valence-electron chi connectivity index (χ3n) is 1.82. The van der Waals surface area contributed by atoms with E-state index in [-0.39, 0.29) is 18.1 Å². The Morgan fingerprint density at radius 2 is 2.12 bits per heavy atom. The van der Waals surface area contributed by atoms with Crippen LogP contribution in [0, 0.1) is 0 Å². The lowest BCUT2D eigenvalue weighted by Crippen LogP contribution is -2.33. The molecule has 0 atom stereocenters. The number of amidine groups is 1. The lowest BCUT2D eigenvalue weighted by atomic mass is 10.2. The van der Waals surface area contributed by atoms with Crippen molar-refractivity contribution < 1.29 is 14.8 Å². The molecular formula is C9H11N5O3. The number of carbonyl (C=O) groups excluding carboxylic acids is 2. The maximum absolute atomic E-state index is 11.4. The highest BCUT2D eigenvalue weighted by Gasteiger charge is 2.08. The second kappa shape index (κ2) is 5.45. The zero-order chi connectivity index (χ0) is 12.8. The molecule has 8 heteroatoms. The molecule has 1 aromatic heterocycles. The Morgan fingerprint density at radius 1 is 1.41 bits per heavy atom. The third-order valence-corrected chi connectivity index (χ3v) is 1.82. The van der Waals surface area contributed by atoms with E-state index in [0.717, 1.165) is 0 Å². The molecule has 90 valence electrons. The summed E-state index contributed by atoms with van der Waals surface area (Å²) >= 11 is 0. The number of oxime groups is 1. The van der Waals surface area contributed by atoms with E-state index in [2.05, 4.69) is 15.5 Å². The molecule has 2 amide bonds. The molecule has 1 aromatic rings. The van der Waals surface area contributed by atoms with Gasteiger partial charge in [-0.05, 0) is 12.1 Å². The molecule has 0 aliphatic rings. The van der Waals surface area contributed by atoms with E-state index >= 15 is 0 Å². The van der Waals surface area contributed by atoms with Crippen LogP contribution in [0.2, 0.25) is 0 Å². The molecule has 1 rings (SSSR count). The van der Waals surface area contributed by atoms with Crippen molar-refractivity contribution in [2.45, 2.75) is 0 Å². The first-order valence-corrected chi connectivity index (χ1v) is 4.55. The standard InChI is InChI=1S/C9H11N5O3/c10-7(15)4-13-9(16)6-2-1-5(3-12-6)8(11)14-17/h1-3,17H,4H2,(H2,10,15)(H2,11,14)(H,13,16). The van der Waals surface area contributed by atoms with Crippen molar-refractivity contribution in [3.8, 4) is 0 Å². The number of aromatic nitrogens is 1. The number of nitrogens with one attached hydrogen (secondary N) is 1. The maximum Gasteiger partial charge on any atom is 0.270 e. The van der Waals surface area contributed by atoms with Gasteiger partial charge in [0.05, 0.1) is 6.54 Å². The van der Waals surface area contributed by atoms with E-state index in [1.807, 2.05) is 0 Å². The summed E-state index contributed by atoms with van der Waals surface area (Å²) in [5.41, 5.74) is 10.7. The molecule has 6 N–H and O–H groups in total. The molecular weight excluding hydrogens is 226 g/mol. The van der Waals surface area contributed by atoms with Crippen LogP contribution in [0.25, 0.3) is 0 Å². The number of hydrogen-bond donors (Lipinski definition) is 4. The summed E-state index contributed by atoms with van der Waals surface area (Å²) in [5.74, 6) is -1.29. The topological polar surface area (TPSA) is 144 Å². The molecule has 1 heterocycles. The number of primary amides is 1. The molecule has 0 aliphatic heterocycles. The van der Waals surface area contributed by atoms with E-state index in [1.165, 1.54) is 18.3 Å². The fraction of sp³-hybridized carbons (Fsp3) is 0.111. The summed E-state index contributed by atoms with van der Waals surface area (Å²) in [6.07, 6.45) is 1.27. The van der Waals surface area contributed by atoms with Crippen LogP contribution in [0.5, 0.6) is 0 Å². The van der Waals surface area contributed by atoms with E-state index in [1.54, 1.807) is 0 Å². The summed E-state index contributed by atoms with van der Waals surface area (Å²) in [7, 11) is 0. The van der Waals surface area contributed by atoms with Gasteiger partial charge in [0, 0.05) is 11.8 Å². The van der Waals surface area contributed by atoms with Crippen LogP contribution < -0.4 is 16.8 Å². The fourth-order valence-electron chi connectivity index (χ4n) is 0.995. The van der Waals surface area contributed by atoms with Crippen LogP contribution in [0.4, 0.5) is 0 Å². The van der Waals surface area contributed by atoms with Gasteiger partial charge in [0.25, 0.3) is 5.91 Å². The molecule has 0 spiro atoms. The van der Waals surface area contributed by atoms with E-state index in [9.17, 15) is 9.59 Å². The molecule has 0 saturated heterocycles. The summed E-state index contributed by atoms with van der Waals surface area (Å²) in [6, 6.07) is 2.84. The molecule has 0 saturated carbocycles. The molecule has 0 unspecified atom stereocenters. The summed E-state index contributed by atoms with van der Waals surface area (Å²) < 4.78 is 0. The number of pyridine rings is 1. The molecule has 0 aliphatic carbocycles. The van der Waals surface area contributed by atoms with Crippen LogP contribution in [-0.4, -0.2) is 34.4 Å². The Hall–Kier alpha value is -2.64. The predicted molar refractivity (Wildman–Crippen MR) is 58.3 cm³/mol. The van der Waals surface area contributed by atoms with Gasteiger partial charge in [0.15, 0.2) is 5.84 Å². The van der Waals surface area contributed by atoms with Crippen molar-refractivity contribution in [3.05, 3.63) is 29.6 Å². The minimum atomic E-state index is -0.647. The van der Waals surface area contributed by atoms with Crippen LogP contribution in [0.1, 0.15) is 16.1 Å². The fourth-order valence-corrected chi connectivity index (χ4v) is 0.995. The monoisotopic (exact) mass is 237 g/mol. The van der Waals surface area contributed by atoms with Crippen molar-refractivity contribution in [1.29, 1.82) is 0 Å². The minimum Gasteiger partial charge on any atom is -0.409 e. The lowest BCUT2D eigenvalue weighted by molar-refractivity contribution is -0.117. The van der Waals surface area contributed by atoms with Crippen molar-refractivity contribution in [2.75, 3.05) is 6.54 Å². The average Bonchev–Trinajstić information content (AvgIpc) is 2.35. The molecule has 0 aromatic carbocycles. The summed E-state index contributed by atoms with van der Waals surface area (Å²) in [4.78, 5) is 25.6. The van der Waals surface area contributed by atoms with E-state index < -0.39 is 11.8 Å². The molecule has 17 heavy (non-hydrogen) atoms. The highest BCUT2D eigenvalue weighted by atomic mass is 16.4. The number of nitrogens with zero attached hydrogens (tertiary/aromatic N) is 2. The Kier molecular flexibility index (Phi) is 3.98. The average molecular weight is 237 g/mol. The number of amides is 2. The first-order valence-electron chi connectivity index (χ1n) is 4.55. The zero-order valence-electron chi connectivity index (χ0n) is 8.75. The van der Waals surface area contributed by atoms with E-state index in [0.29, 0.717) is 5.56 Å². The molecule has 0 fully saturated rings. The Morgan fingerprint density at radius 3 is 2.59 bits per heavy atom. The zero-order valence-corrected chi connectivity index (χ0v) is 8.75. The smallest absolute Gasteiger partial charge is 0.270 e. The number of nitrogens with two attached hydrogens (primary N) is 2. The van der Waals surface area contributed by atoms with Gasteiger partial charge in [0.1, 0.15) is 5.69 Å². The first-order chi connectivity index (χ1) is 8.04. The highest BCUT2D eigenvalue weighted by molar-refractivity contribution is 5.98. The molecule has 0 bridgehead atoms. The van der Waals surface area contributed by atoms with Crippen LogP contribution >= 0.6 is 0 Å². The van der Waals surface area contributed by atoms with Crippen molar-refractivity contribution >= 4 is 17.6 Å². The van der Waals surface area contributed by atoms with Gasteiger partial charge in [-0.25, -0.2) is 0 Å². The highest BCUT2D eigenvalue weighted by Crippen LogP contribution is 1.99. The largest absolute Gasteiger partial charge is 0.409 e. The second-order valence-corrected chi connectivity index (χ2v) is 3.07. The quantitative estimate of drug-likeness (QED) is 0.215. The second-order valence-electron chi connectivity index (χ2n) is 3.07. The van der Waals surface area contributed by atoms with Gasteiger partial charge in [-0.15, -0.1) is 0 Å². The first kappa shape index (κ1) is 12.4. The minimum absolute atomic E-state index is 0.0979. The lowest BCUT2D eigenvalue weighted by Gasteiger charge is -2.03. The van der Waals surface area contributed by atoms with Gasteiger partial charge >= 0.3 is 0 Å². The Balaban J connectivity index is 2.74. The molecule has 8 nitrogen and oxygen atoms in total. The summed E-state index contributed by atoms with van der Waals surface area (Å²) in [5, 5.41) is 13.5. The SMILES string of the molecule is NC(=O)CNC(=O)c1ccc(/C(N)=N/O)cn1. The van der Waals surface area contributed by atoms with Crippen molar-refractivity contribution in [3.63, 3.8) is 0 Å². The van der Waals surface area contributed by atoms with E-state index in [4.69, 9.17) is 16.7 Å². The van der Waals surface area contributed by atoms with Crippen molar-refractivity contribution in [2.24, 2.45) is 16.6 Å². The van der Waals surface area contributed by atoms with Crippen molar-refractivity contribution in [1.82, 2.24) is 10.3 Å². The maximum atomic E-state index is 11.4. The number of carbonyl (C=O) groups is 2. The van der Waals surface area contributed by atoms with Crippen LogP contribution in [-0.2, 0) is 4.79 Å². The normalized spacial score (nSPS) is 10.9.